The molecule has 0 aliphatic heterocycles. The molecule has 0 amide bonds. The average Bonchev–Trinajstić information content (AvgIpc) is 1.83. The van der Waals surface area contributed by atoms with Crippen molar-refractivity contribution in [3.05, 3.63) is 23.9 Å². The van der Waals surface area contributed by atoms with Gasteiger partial charge in [0, 0.05) is 5.56 Å². The third kappa shape index (κ3) is 1.73. The minimum Gasteiger partial charge on any atom is -1.00 e. The quantitative estimate of drug-likeness (QED) is 0.287. The van der Waals surface area contributed by atoms with Gasteiger partial charge < -0.3 is 24.0 Å². The summed E-state index contributed by atoms with van der Waals surface area (Å²) in [5.41, 5.74) is 6.52. The van der Waals surface area contributed by atoms with Gasteiger partial charge in [0.1, 0.15) is 6.20 Å². The number of rotatable bonds is 0. The molecule has 0 fully saturated rings. The van der Waals surface area contributed by atoms with Gasteiger partial charge in [0.15, 0.2) is 0 Å². The topological polar surface area (TPSA) is 55.9 Å². The zero-order valence-electron chi connectivity index (χ0n) is 5.71. The SMILES string of the molecule is Cc1ccc[n+](N)c1N.[I-]. The maximum absolute atomic E-state index is 5.52. The van der Waals surface area contributed by atoms with Crippen molar-refractivity contribution < 1.29 is 28.7 Å². The van der Waals surface area contributed by atoms with E-state index in [1.54, 1.807) is 6.20 Å². The highest BCUT2D eigenvalue weighted by Crippen LogP contribution is 1.99. The zero-order chi connectivity index (χ0) is 6.85. The van der Waals surface area contributed by atoms with Crippen LogP contribution in [0.5, 0.6) is 0 Å². The summed E-state index contributed by atoms with van der Waals surface area (Å²) in [6, 6.07) is 3.77. The first-order valence-electron chi connectivity index (χ1n) is 2.73. The lowest BCUT2D eigenvalue weighted by Gasteiger charge is -1.95. The second-order valence-electron chi connectivity index (χ2n) is 1.98. The number of nitrogens with two attached hydrogens (primary N) is 2. The van der Waals surface area contributed by atoms with Crippen LogP contribution in [0, 0.1) is 6.92 Å². The van der Waals surface area contributed by atoms with Gasteiger partial charge in [-0.25, -0.2) is 0 Å². The van der Waals surface area contributed by atoms with E-state index in [-0.39, 0.29) is 24.0 Å². The largest absolute Gasteiger partial charge is 1.00 e. The van der Waals surface area contributed by atoms with Crippen LogP contribution in [0.3, 0.4) is 0 Å². The summed E-state index contributed by atoms with van der Waals surface area (Å²) in [7, 11) is 0. The number of nitrogen functional groups attached to an aromatic ring is 2. The molecule has 3 nitrogen and oxygen atoms in total. The average molecular weight is 251 g/mol. The summed E-state index contributed by atoms with van der Waals surface area (Å²) < 4.78 is 1.40. The van der Waals surface area contributed by atoms with Crippen molar-refractivity contribution in [3.8, 4) is 0 Å². The second kappa shape index (κ2) is 3.60. The summed E-state index contributed by atoms with van der Waals surface area (Å²) >= 11 is 0. The van der Waals surface area contributed by atoms with E-state index in [2.05, 4.69) is 0 Å². The summed E-state index contributed by atoms with van der Waals surface area (Å²) in [6.07, 6.45) is 1.71. The summed E-state index contributed by atoms with van der Waals surface area (Å²) in [6.45, 7) is 1.92. The van der Waals surface area contributed by atoms with Gasteiger partial charge in [-0.1, -0.05) is 0 Å². The number of nitrogens with zero attached hydrogens (tertiary/aromatic N) is 1. The van der Waals surface area contributed by atoms with Crippen molar-refractivity contribution in [2.75, 3.05) is 11.6 Å². The lowest BCUT2D eigenvalue weighted by molar-refractivity contribution is -0.624. The highest BCUT2D eigenvalue weighted by molar-refractivity contribution is 5.31. The van der Waals surface area contributed by atoms with Crippen LogP contribution in [0.25, 0.3) is 0 Å². The molecule has 0 spiro atoms. The molecule has 56 valence electrons. The van der Waals surface area contributed by atoms with E-state index in [4.69, 9.17) is 11.6 Å². The Bertz CT molecular complexity index is 204. The van der Waals surface area contributed by atoms with Crippen molar-refractivity contribution in [2.45, 2.75) is 6.92 Å². The maximum Gasteiger partial charge on any atom is 0.298 e. The minimum absolute atomic E-state index is 0. The fraction of sp³-hybridized carbons (Fsp3) is 0.167. The molecule has 0 unspecified atom stereocenters. The van der Waals surface area contributed by atoms with E-state index in [1.807, 2.05) is 19.1 Å². The molecule has 4 N–H and O–H groups in total. The van der Waals surface area contributed by atoms with Crippen molar-refractivity contribution in [1.82, 2.24) is 0 Å². The van der Waals surface area contributed by atoms with Gasteiger partial charge in [-0.15, -0.1) is 4.68 Å². The maximum atomic E-state index is 5.52. The van der Waals surface area contributed by atoms with Gasteiger partial charge in [0.25, 0.3) is 5.82 Å². The predicted octanol–water partition coefficient (Wildman–Crippen LogP) is -3.42. The van der Waals surface area contributed by atoms with Crippen LogP contribution < -0.4 is 40.2 Å². The van der Waals surface area contributed by atoms with Gasteiger partial charge in [-0.05, 0) is 19.1 Å². The molecular formula is C6H10IN3. The minimum atomic E-state index is 0. The lowest BCUT2D eigenvalue weighted by Crippen LogP contribution is -3.00. The predicted molar refractivity (Wildman–Crippen MR) is 35.9 cm³/mol. The van der Waals surface area contributed by atoms with Crippen LogP contribution in [-0.4, -0.2) is 0 Å². The third-order valence-electron chi connectivity index (χ3n) is 1.28. The Morgan fingerprint density at radius 1 is 1.50 bits per heavy atom. The first kappa shape index (κ1) is 9.48. The molecule has 1 heterocycles. The molecule has 4 heteroatoms. The number of hydrogen-bond acceptors (Lipinski definition) is 2. The van der Waals surface area contributed by atoms with Crippen molar-refractivity contribution in [1.29, 1.82) is 0 Å². The van der Waals surface area contributed by atoms with Gasteiger partial charge in [0.2, 0.25) is 0 Å². The van der Waals surface area contributed by atoms with Gasteiger partial charge in [0.05, 0.1) is 0 Å². The van der Waals surface area contributed by atoms with E-state index < -0.39 is 0 Å². The van der Waals surface area contributed by atoms with Crippen LogP contribution in [0.1, 0.15) is 5.56 Å². The smallest absolute Gasteiger partial charge is 0.298 e. The molecule has 1 aromatic rings. The second-order valence-corrected chi connectivity index (χ2v) is 1.98. The molecule has 0 saturated heterocycles. The van der Waals surface area contributed by atoms with Crippen LogP contribution >= 0.6 is 0 Å². The molecule has 0 aromatic carbocycles. The third-order valence-corrected chi connectivity index (χ3v) is 1.28. The van der Waals surface area contributed by atoms with E-state index in [0.29, 0.717) is 5.82 Å². The summed E-state index contributed by atoms with van der Waals surface area (Å²) in [4.78, 5) is 0. The highest BCUT2D eigenvalue weighted by atomic mass is 127. The van der Waals surface area contributed by atoms with Crippen LogP contribution in [-0.2, 0) is 0 Å². The fourth-order valence-electron chi connectivity index (χ4n) is 0.649. The van der Waals surface area contributed by atoms with Crippen LogP contribution in [0.15, 0.2) is 18.3 Å². The Morgan fingerprint density at radius 2 is 2.10 bits per heavy atom. The molecule has 10 heavy (non-hydrogen) atoms. The Kier molecular flexibility index (Phi) is 3.41. The van der Waals surface area contributed by atoms with E-state index in [0.717, 1.165) is 5.56 Å². The standard InChI is InChI=1S/C6H9N3.HI/c1-5-3-2-4-9(8)6(5)7;/h2-4,7H,8H2,1H3;1H. The van der Waals surface area contributed by atoms with Gasteiger partial charge >= 0.3 is 0 Å². The van der Waals surface area contributed by atoms with Crippen LogP contribution in [0.4, 0.5) is 5.82 Å². The fourth-order valence-corrected chi connectivity index (χ4v) is 0.649. The highest BCUT2D eigenvalue weighted by Gasteiger charge is 2.00. The van der Waals surface area contributed by atoms with Gasteiger partial charge in [-0.3, -0.25) is 11.6 Å². The first-order valence-corrected chi connectivity index (χ1v) is 2.73. The van der Waals surface area contributed by atoms with Gasteiger partial charge in [-0.2, -0.15) is 0 Å². The van der Waals surface area contributed by atoms with E-state index in [9.17, 15) is 0 Å². The molecule has 1 aromatic heterocycles. The van der Waals surface area contributed by atoms with Crippen molar-refractivity contribution in [2.24, 2.45) is 0 Å². The molecule has 1 rings (SSSR count). The molecule has 0 aliphatic rings. The first-order chi connectivity index (χ1) is 4.22. The molecule has 0 radical (unpaired) electrons. The monoisotopic (exact) mass is 251 g/mol. The number of aryl methyl sites for hydroxylation is 1. The summed E-state index contributed by atoms with van der Waals surface area (Å²) in [5, 5.41) is 0. The molecule has 0 bridgehead atoms. The Labute approximate surface area is 77.0 Å². The lowest BCUT2D eigenvalue weighted by atomic mass is 10.3. The van der Waals surface area contributed by atoms with Crippen molar-refractivity contribution >= 4 is 5.82 Å². The molecular weight excluding hydrogens is 241 g/mol. The van der Waals surface area contributed by atoms with E-state index >= 15 is 0 Å². The number of anilines is 1. The molecule has 0 aliphatic carbocycles. The van der Waals surface area contributed by atoms with E-state index in [1.165, 1.54) is 4.68 Å². The summed E-state index contributed by atoms with van der Waals surface area (Å²) in [5.74, 6) is 6.02. The molecule has 0 saturated carbocycles. The normalized spacial score (nSPS) is 8.50. The number of hydrogen-bond donors (Lipinski definition) is 2. The van der Waals surface area contributed by atoms with Crippen molar-refractivity contribution in [3.63, 3.8) is 0 Å². The molecule has 0 atom stereocenters. The number of halogens is 1. The Morgan fingerprint density at radius 3 is 2.50 bits per heavy atom. The number of aromatic nitrogens is 1. The zero-order valence-corrected chi connectivity index (χ0v) is 7.87. The Balaban J connectivity index is 0.000000810. The number of pyridine rings is 1. The van der Waals surface area contributed by atoms with Crippen LogP contribution in [0.2, 0.25) is 0 Å². The Hall–Kier alpha value is -0.520.